The number of ketones is 1. The number of primary amides is 1. The second-order valence-corrected chi connectivity index (χ2v) is 11.5. The minimum atomic E-state index is -5.22. The number of ether oxygens (including phenoxy) is 2. The van der Waals surface area contributed by atoms with E-state index in [0.717, 1.165) is 0 Å². The lowest BCUT2D eigenvalue weighted by Crippen LogP contribution is -2.43. The molecule has 0 aliphatic carbocycles. The highest BCUT2D eigenvalue weighted by Gasteiger charge is 2.56. The van der Waals surface area contributed by atoms with Gasteiger partial charge in [-0.15, -0.1) is 0 Å². The highest BCUT2D eigenvalue weighted by Crippen LogP contribution is 2.49. The monoisotopic (exact) mass is 611 g/mol. The average Bonchev–Trinajstić information content (AvgIpc) is 3.29. The number of alkyl halides is 3. The van der Waals surface area contributed by atoms with Crippen molar-refractivity contribution in [1.82, 2.24) is 9.97 Å². The van der Waals surface area contributed by atoms with Gasteiger partial charge in [0.05, 0.1) is 19.4 Å². The smallest absolute Gasteiger partial charge is 0.422 e. The van der Waals surface area contributed by atoms with Crippen LogP contribution < -0.4 is 15.2 Å². The van der Waals surface area contributed by atoms with Crippen molar-refractivity contribution in [2.24, 2.45) is 5.73 Å². The topological polar surface area (TPSA) is 125 Å². The van der Waals surface area contributed by atoms with Gasteiger partial charge in [0.25, 0.3) is 5.91 Å². The van der Waals surface area contributed by atoms with E-state index in [1.54, 1.807) is 13.8 Å². The van der Waals surface area contributed by atoms with Crippen LogP contribution in [0.1, 0.15) is 64.4 Å². The van der Waals surface area contributed by atoms with E-state index in [4.69, 9.17) is 15.2 Å². The molecule has 0 saturated carbocycles. The quantitative estimate of drug-likeness (QED) is 0.187. The first-order valence-corrected chi connectivity index (χ1v) is 13.6. The summed E-state index contributed by atoms with van der Waals surface area (Å²) >= 11 is 0. The summed E-state index contributed by atoms with van der Waals surface area (Å²) in [6.45, 7) is 5.24. The van der Waals surface area contributed by atoms with E-state index < -0.39 is 53.2 Å². The second-order valence-electron chi connectivity index (χ2n) is 11.5. The number of methoxy groups -OCH3 is 1. The molecule has 44 heavy (non-hydrogen) atoms. The Morgan fingerprint density at radius 3 is 2.45 bits per heavy atom. The van der Waals surface area contributed by atoms with Crippen LogP contribution in [-0.2, 0) is 11.0 Å². The summed E-state index contributed by atoms with van der Waals surface area (Å²) in [5, 5.41) is 11.7. The Morgan fingerprint density at radius 1 is 1.09 bits per heavy atom. The first-order chi connectivity index (χ1) is 20.6. The fraction of sp³-hybridized carbons (Fsp3) is 0.312. The molecule has 1 amide bonds. The summed E-state index contributed by atoms with van der Waals surface area (Å²) in [4.78, 5) is 33.2. The van der Waals surface area contributed by atoms with Gasteiger partial charge >= 0.3 is 6.18 Å². The number of nitrogens with two attached hydrogens (primary N) is 1. The van der Waals surface area contributed by atoms with Crippen LogP contribution in [0.3, 0.4) is 0 Å². The molecule has 230 valence electrons. The number of hydrogen-bond acceptors (Lipinski definition) is 7. The van der Waals surface area contributed by atoms with Crippen LogP contribution in [0.15, 0.2) is 48.5 Å². The Hall–Kier alpha value is -4.58. The number of fused-ring (bicyclic) bond motifs is 2. The Kier molecular flexibility index (Phi) is 7.61. The van der Waals surface area contributed by atoms with Crippen molar-refractivity contribution in [3.05, 3.63) is 82.4 Å². The van der Waals surface area contributed by atoms with Crippen molar-refractivity contribution in [2.45, 2.75) is 50.8 Å². The summed E-state index contributed by atoms with van der Waals surface area (Å²) in [5.41, 5.74) is 1.59. The number of Topliss-reactive ketones (excluding diaryl/α,β-unsaturated/α-hetero) is 1. The van der Waals surface area contributed by atoms with Gasteiger partial charge < -0.3 is 20.3 Å². The molecule has 12 heteroatoms. The van der Waals surface area contributed by atoms with Gasteiger partial charge in [-0.3, -0.25) is 9.59 Å². The highest BCUT2D eigenvalue weighted by molar-refractivity contribution is 6.02. The van der Waals surface area contributed by atoms with Gasteiger partial charge in [-0.25, -0.2) is 14.4 Å². The van der Waals surface area contributed by atoms with E-state index >= 15 is 0 Å². The second kappa shape index (κ2) is 10.8. The van der Waals surface area contributed by atoms with Gasteiger partial charge in [0.15, 0.2) is 5.78 Å². The van der Waals surface area contributed by atoms with Crippen LogP contribution in [0.5, 0.6) is 11.5 Å². The zero-order valence-corrected chi connectivity index (χ0v) is 24.3. The normalized spacial score (nSPS) is 15.4. The fourth-order valence-electron chi connectivity index (χ4n) is 5.22. The van der Waals surface area contributed by atoms with Crippen LogP contribution in [-0.4, -0.2) is 46.7 Å². The molecule has 4 aromatic rings. The number of halogens is 4. The fourth-order valence-corrected chi connectivity index (χ4v) is 5.22. The summed E-state index contributed by atoms with van der Waals surface area (Å²) in [6, 6.07) is 10.7. The minimum absolute atomic E-state index is 0.0198. The van der Waals surface area contributed by atoms with E-state index in [1.807, 2.05) is 0 Å². The molecule has 1 unspecified atom stereocenters. The number of rotatable bonds is 8. The molecule has 1 atom stereocenters. The number of nitrogens with zero attached hydrogens (tertiary/aromatic N) is 2. The maximum Gasteiger partial charge on any atom is 0.422 e. The average molecular weight is 612 g/mol. The van der Waals surface area contributed by atoms with Gasteiger partial charge in [0.1, 0.15) is 34.2 Å². The molecule has 3 heterocycles. The number of aliphatic hydroxyl groups is 1. The molecule has 0 saturated heterocycles. The lowest BCUT2D eigenvalue weighted by Gasteiger charge is -2.31. The van der Waals surface area contributed by atoms with Gasteiger partial charge in [-0.1, -0.05) is 19.9 Å². The number of carbonyl (C=O) groups excluding carboxylic acids is 2. The molecular formula is C32H29F4N3O5. The number of carbonyl (C=O) groups is 2. The van der Waals surface area contributed by atoms with Crippen molar-refractivity contribution < 1.29 is 41.7 Å². The largest absolute Gasteiger partial charge is 0.494 e. The number of aromatic nitrogens is 2. The number of pyridine rings is 2. The molecule has 2 aromatic heterocycles. The Labute approximate surface area is 249 Å². The van der Waals surface area contributed by atoms with Crippen LogP contribution in [0.2, 0.25) is 0 Å². The SMILES string of the molecule is COc1cc(C(=O)CCC(O)(c2cc3c(c(-c4ccc(F)c(C)c4)n2)OCC3(C)C)C(F)(F)F)cc2ccc(C(N)=O)nc12. The Balaban J connectivity index is 1.55. The van der Waals surface area contributed by atoms with Crippen molar-refractivity contribution >= 4 is 22.6 Å². The Morgan fingerprint density at radius 2 is 1.82 bits per heavy atom. The van der Waals surface area contributed by atoms with Crippen molar-refractivity contribution in [3.63, 3.8) is 0 Å². The van der Waals surface area contributed by atoms with E-state index in [0.29, 0.717) is 16.5 Å². The summed E-state index contributed by atoms with van der Waals surface area (Å²) in [7, 11) is 1.31. The van der Waals surface area contributed by atoms with Crippen LogP contribution in [0.4, 0.5) is 17.6 Å². The van der Waals surface area contributed by atoms with Crippen molar-refractivity contribution in [3.8, 4) is 22.8 Å². The first-order valence-electron chi connectivity index (χ1n) is 13.6. The summed E-state index contributed by atoms with van der Waals surface area (Å²) in [6.07, 6.45) is -6.96. The summed E-state index contributed by atoms with van der Waals surface area (Å²) < 4.78 is 69.3. The van der Waals surface area contributed by atoms with E-state index in [9.17, 15) is 32.3 Å². The molecule has 0 radical (unpaired) electrons. The maximum absolute atomic E-state index is 14.7. The molecular weight excluding hydrogens is 582 g/mol. The standard InChI is InChI=1S/C32H29F4N3O5/c1-16-11-17(5-7-21(16)33)27-28-20(30(2,3)15-44-28)14-25(39-27)31(42,32(34,35)36)10-9-23(40)19-12-18-6-8-22(29(37)41)38-26(18)24(13-19)43-4/h5-8,11-14,42H,9-10,15H2,1-4H3,(H2,37,41). The zero-order valence-electron chi connectivity index (χ0n) is 24.3. The third kappa shape index (κ3) is 5.34. The lowest BCUT2D eigenvalue weighted by molar-refractivity contribution is -0.270. The van der Waals surface area contributed by atoms with Gasteiger partial charge in [-0.2, -0.15) is 13.2 Å². The number of benzene rings is 2. The van der Waals surface area contributed by atoms with E-state index in [1.165, 1.54) is 62.6 Å². The van der Waals surface area contributed by atoms with Gasteiger partial charge in [0, 0.05) is 33.9 Å². The molecule has 8 nitrogen and oxygen atoms in total. The molecule has 1 aliphatic rings. The molecule has 0 bridgehead atoms. The number of aryl methyl sites for hydroxylation is 1. The number of amides is 1. The molecule has 0 spiro atoms. The third-order valence-electron chi connectivity index (χ3n) is 7.87. The predicted octanol–water partition coefficient (Wildman–Crippen LogP) is 5.93. The van der Waals surface area contributed by atoms with Crippen LogP contribution >= 0.6 is 0 Å². The van der Waals surface area contributed by atoms with Crippen LogP contribution in [0, 0.1) is 12.7 Å². The summed E-state index contributed by atoms with van der Waals surface area (Å²) in [5.74, 6) is -1.61. The third-order valence-corrected chi connectivity index (χ3v) is 7.87. The highest BCUT2D eigenvalue weighted by atomic mass is 19.4. The lowest BCUT2D eigenvalue weighted by atomic mass is 9.83. The molecule has 5 rings (SSSR count). The van der Waals surface area contributed by atoms with Crippen LogP contribution in [0.25, 0.3) is 22.2 Å². The molecule has 1 aliphatic heterocycles. The van der Waals surface area contributed by atoms with Crippen molar-refractivity contribution in [2.75, 3.05) is 13.7 Å². The minimum Gasteiger partial charge on any atom is -0.494 e. The van der Waals surface area contributed by atoms with Crippen molar-refractivity contribution in [1.29, 1.82) is 0 Å². The number of hydrogen-bond donors (Lipinski definition) is 2. The molecule has 3 N–H and O–H groups in total. The van der Waals surface area contributed by atoms with Gasteiger partial charge in [-0.05, 0) is 61.4 Å². The van der Waals surface area contributed by atoms with E-state index in [2.05, 4.69) is 9.97 Å². The predicted molar refractivity (Wildman–Crippen MR) is 153 cm³/mol. The van der Waals surface area contributed by atoms with E-state index in [-0.39, 0.29) is 46.1 Å². The Bertz CT molecular complexity index is 1820. The van der Waals surface area contributed by atoms with Gasteiger partial charge in [0.2, 0.25) is 5.60 Å². The molecule has 2 aromatic carbocycles. The molecule has 0 fully saturated rings. The first kappa shape index (κ1) is 30.9. The zero-order chi connectivity index (χ0) is 32.2. The maximum atomic E-state index is 14.7.